The van der Waals surface area contributed by atoms with Crippen LogP contribution in [0.4, 0.5) is 5.82 Å². The largest absolute Gasteiger partial charge is 0.355 e. The van der Waals surface area contributed by atoms with Crippen LogP contribution in [0.2, 0.25) is 0 Å². The van der Waals surface area contributed by atoms with Crippen LogP contribution in [-0.4, -0.2) is 36.1 Å². The molecule has 15 heavy (non-hydrogen) atoms. The van der Waals surface area contributed by atoms with Crippen molar-refractivity contribution in [3.8, 4) is 0 Å². The predicted molar refractivity (Wildman–Crippen MR) is 61.3 cm³/mol. The van der Waals surface area contributed by atoms with Gasteiger partial charge in [0.1, 0.15) is 5.82 Å². The molecule has 5 heteroatoms. The summed E-state index contributed by atoms with van der Waals surface area (Å²) in [6.07, 6.45) is 1.44. The van der Waals surface area contributed by atoms with E-state index in [0.717, 1.165) is 32.0 Å². The lowest BCUT2D eigenvalue weighted by Crippen LogP contribution is -2.33. The van der Waals surface area contributed by atoms with Crippen molar-refractivity contribution >= 4 is 5.82 Å². The Kier molecular flexibility index (Phi) is 4.83. The number of hydrogen-bond acceptors (Lipinski definition) is 4. The summed E-state index contributed by atoms with van der Waals surface area (Å²) in [5.74, 6) is 0.735. The van der Waals surface area contributed by atoms with E-state index in [1.54, 1.807) is 0 Å². The van der Waals surface area contributed by atoms with Gasteiger partial charge in [0.05, 0.1) is 6.33 Å². The molecule has 1 rings (SSSR count). The van der Waals surface area contributed by atoms with Gasteiger partial charge in [-0.25, -0.2) is 4.98 Å². The third-order valence-corrected chi connectivity index (χ3v) is 2.18. The number of rotatable bonds is 6. The summed E-state index contributed by atoms with van der Waals surface area (Å²) in [5.41, 5.74) is -0.109. The van der Waals surface area contributed by atoms with Gasteiger partial charge >= 0.3 is 0 Å². The highest BCUT2D eigenvalue weighted by Crippen LogP contribution is 2.04. The fourth-order valence-corrected chi connectivity index (χ4v) is 1.36. The third kappa shape index (κ3) is 3.71. The number of nitrogens with zero attached hydrogens (tertiary/aromatic N) is 2. The summed E-state index contributed by atoms with van der Waals surface area (Å²) in [5, 5.41) is 3.24. The van der Waals surface area contributed by atoms with Gasteiger partial charge < -0.3 is 15.2 Å². The lowest BCUT2D eigenvalue weighted by Gasteiger charge is -2.21. The summed E-state index contributed by atoms with van der Waals surface area (Å²) >= 11 is 0. The maximum atomic E-state index is 11.1. The van der Waals surface area contributed by atoms with Crippen LogP contribution in [0.3, 0.4) is 0 Å². The minimum Gasteiger partial charge on any atom is -0.355 e. The molecule has 0 saturated carbocycles. The molecule has 0 saturated heterocycles. The fourth-order valence-electron chi connectivity index (χ4n) is 1.36. The second-order valence-corrected chi connectivity index (χ2v) is 3.20. The van der Waals surface area contributed by atoms with E-state index in [4.69, 9.17) is 0 Å². The molecule has 2 N–H and O–H groups in total. The van der Waals surface area contributed by atoms with E-state index in [1.807, 2.05) is 0 Å². The molecule has 0 spiro atoms. The molecule has 5 nitrogen and oxygen atoms in total. The van der Waals surface area contributed by atoms with Gasteiger partial charge in [-0.2, -0.15) is 0 Å². The summed E-state index contributed by atoms with van der Waals surface area (Å²) in [6.45, 7) is 7.69. The van der Waals surface area contributed by atoms with E-state index < -0.39 is 0 Å². The van der Waals surface area contributed by atoms with Crippen molar-refractivity contribution in [1.82, 2.24) is 15.3 Å². The van der Waals surface area contributed by atoms with Gasteiger partial charge in [0, 0.05) is 25.7 Å². The average molecular weight is 210 g/mol. The minimum atomic E-state index is -0.109. The van der Waals surface area contributed by atoms with Gasteiger partial charge in [0.15, 0.2) is 0 Å². The Morgan fingerprint density at radius 3 is 2.93 bits per heavy atom. The Morgan fingerprint density at radius 1 is 1.53 bits per heavy atom. The third-order valence-electron chi connectivity index (χ3n) is 2.18. The van der Waals surface area contributed by atoms with Crippen molar-refractivity contribution in [2.75, 3.05) is 31.1 Å². The van der Waals surface area contributed by atoms with Crippen molar-refractivity contribution in [1.29, 1.82) is 0 Å². The van der Waals surface area contributed by atoms with E-state index >= 15 is 0 Å². The predicted octanol–water partition coefficient (Wildman–Crippen LogP) is 0.206. The molecule has 84 valence electrons. The molecular weight excluding hydrogens is 192 g/mol. The number of H-pyrrole nitrogens is 1. The van der Waals surface area contributed by atoms with Crippen molar-refractivity contribution in [3.63, 3.8) is 0 Å². The van der Waals surface area contributed by atoms with Crippen molar-refractivity contribution in [3.05, 3.63) is 22.7 Å². The van der Waals surface area contributed by atoms with Crippen LogP contribution in [0.1, 0.15) is 13.8 Å². The van der Waals surface area contributed by atoms with Gasteiger partial charge in [0.25, 0.3) is 5.56 Å². The van der Waals surface area contributed by atoms with Crippen molar-refractivity contribution < 1.29 is 0 Å². The van der Waals surface area contributed by atoms with Gasteiger partial charge in [-0.3, -0.25) is 4.79 Å². The highest BCUT2D eigenvalue weighted by molar-refractivity contribution is 5.35. The van der Waals surface area contributed by atoms with Crippen LogP contribution < -0.4 is 15.8 Å². The molecule has 0 bridgehead atoms. The first-order valence-electron chi connectivity index (χ1n) is 5.28. The Hall–Kier alpha value is -1.36. The van der Waals surface area contributed by atoms with Crippen LogP contribution in [0, 0.1) is 0 Å². The minimum absolute atomic E-state index is 0.109. The topological polar surface area (TPSA) is 61.0 Å². The van der Waals surface area contributed by atoms with Crippen LogP contribution in [-0.2, 0) is 0 Å². The molecule has 0 aliphatic heterocycles. The van der Waals surface area contributed by atoms with Crippen molar-refractivity contribution in [2.45, 2.75) is 13.8 Å². The van der Waals surface area contributed by atoms with Gasteiger partial charge in [-0.1, -0.05) is 6.92 Å². The monoisotopic (exact) mass is 210 g/mol. The van der Waals surface area contributed by atoms with Crippen LogP contribution in [0.15, 0.2) is 17.2 Å². The van der Waals surface area contributed by atoms with E-state index in [-0.39, 0.29) is 5.56 Å². The SMILES string of the molecule is CCNCCN(CC)c1cc(=O)[nH]cn1. The van der Waals surface area contributed by atoms with E-state index in [0.29, 0.717) is 0 Å². The molecule has 0 aliphatic rings. The molecule has 0 unspecified atom stereocenters. The molecule has 0 fully saturated rings. The Morgan fingerprint density at radius 2 is 2.33 bits per heavy atom. The van der Waals surface area contributed by atoms with Gasteiger partial charge in [0.2, 0.25) is 0 Å². The maximum absolute atomic E-state index is 11.1. The zero-order valence-electron chi connectivity index (χ0n) is 9.29. The zero-order chi connectivity index (χ0) is 11.1. The van der Waals surface area contributed by atoms with E-state index in [1.165, 1.54) is 12.4 Å². The fraction of sp³-hybridized carbons (Fsp3) is 0.600. The first-order chi connectivity index (χ1) is 7.27. The first kappa shape index (κ1) is 11.7. The number of aromatic amines is 1. The van der Waals surface area contributed by atoms with Gasteiger partial charge in [-0.05, 0) is 13.5 Å². The molecule has 1 aromatic heterocycles. The van der Waals surface area contributed by atoms with Crippen LogP contribution in [0.25, 0.3) is 0 Å². The van der Waals surface area contributed by atoms with Crippen LogP contribution >= 0.6 is 0 Å². The lowest BCUT2D eigenvalue weighted by molar-refractivity contribution is 0.683. The van der Waals surface area contributed by atoms with Crippen LogP contribution in [0.5, 0.6) is 0 Å². The van der Waals surface area contributed by atoms with E-state index in [9.17, 15) is 4.79 Å². The summed E-state index contributed by atoms with van der Waals surface area (Å²) in [6, 6.07) is 1.52. The standard InChI is InChI=1S/C10H18N4O/c1-3-11-5-6-14(4-2)9-7-10(15)13-8-12-9/h7-8,11H,3-6H2,1-2H3,(H,12,13,15). The molecule has 1 aromatic rings. The Labute approximate surface area is 89.5 Å². The summed E-state index contributed by atoms with van der Waals surface area (Å²) in [7, 11) is 0. The zero-order valence-corrected chi connectivity index (χ0v) is 9.29. The molecular formula is C10H18N4O. The second-order valence-electron chi connectivity index (χ2n) is 3.20. The molecule has 0 amide bonds. The van der Waals surface area contributed by atoms with Crippen molar-refractivity contribution in [2.24, 2.45) is 0 Å². The lowest BCUT2D eigenvalue weighted by atomic mass is 10.4. The Bertz CT molecular complexity index is 336. The average Bonchev–Trinajstić information content (AvgIpc) is 2.24. The molecule has 0 aliphatic carbocycles. The molecule has 1 heterocycles. The normalized spacial score (nSPS) is 10.3. The number of aromatic nitrogens is 2. The Balaban J connectivity index is 2.61. The number of likely N-dealkylation sites (N-methyl/N-ethyl adjacent to an activating group) is 2. The number of hydrogen-bond donors (Lipinski definition) is 2. The molecule has 0 atom stereocenters. The van der Waals surface area contributed by atoms with E-state index in [2.05, 4.69) is 34.0 Å². The highest BCUT2D eigenvalue weighted by atomic mass is 16.1. The maximum Gasteiger partial charge on any atom is 0.252 e. The number of anilines is 1. The molecule has 0 aromatic carbocycles. The smallest absolute Gasteiger partial charge is 0.252 e. The number of nitrogens with one attached hydrogen (secondary N) is 2. The first-order valence-corrected chi connectivity index (χ1v) is 5.28. The molecule has 0 radical (unpaired) electrons. The van der Waals surface area contributed by atoms with Gasteiger partial charge in [-0.15, -0.1) is 0 Å². The summed E-state index contributed by atoms with van der Waals surface area (Å²) < 4.78 is 0. The second kappa shape index (κ2) is 6.19. The quantitative estimate of drug-likeness (QED) is 0.659. The highest BCUT2D eigenvalue weighted by Gasteiger charge is 2.04. The summed E-state index contributed by atoms with van der Waals surface area (Å²) in [4.78, 5) is 19.8.